The molecule has 2 aromatic rings. The zero-order chi connectivity index (χ0) is 11.7. The number of nitrogens with two attached hydrogens (primary N) is 1. The molecule has 2 heterocycles. The first-order valence-corrected chi connectivity index (χ1v) is 6.41. The third kappa shape index (κ3) is 2.46. The molecule has 96 valence electrons. The molecule has 1 aliphatic rings. The standard InChI is InChI=1S/C13H13NO2S.ClH/c14-13(12-2-1-7-17-12)9-3-4-10-11(8-9)16-6-5-15-10;/h1-4,7-8,13H,5-6,14H2;1H/t13-;/m0./s1. The van der Waals surface area contributed by atoms with Crippen LogP contribution in [0.1, 0.15) is 16.5 Å². The lowest BCUT2D eigenvalue weighted by atomic mass is 10.1. The normalized spacial score (nSPS) is 14.7. The Morgan fingerprint density at radius 3 is 2.61 bits per heavy atom. The molecular weight excluding hydrogens is 270 g/mol. The third-order valence-electron chi connectivity index (χ3n) is 2.78. The van der Waals surface area contributed by atoms with Gasteiger partial charge in [-0.1, -0.05) is 12.1 Å². The summed E-state index contributed by atoms with van der Waals surface area (Å²) in [6, 6.07) is 9.86. The number of benzene rings is 1. The molecule has 1 aliphatic heterocycles. The molecule has 2 N–H and O–H groups in total. The molecule has 5 heteroatoms. The van der Waals surface area contributed by atoms with Crippen molar-refractivity contribution in [3.63, 3.8) is 0 Å². The van der Waals surface area contributed by atoms with Crippen LogP contribution in [0.3, 0.4) is 0 Å². The summed E-state index contributed by atoms with van der Waals surface area (Å²) in [4.78, 5) is 1.15. The molecule has 1 aromatic heterocycles. The van der Waals surface area contributed by atoms with Crippen LogP contribution in [-0.2, 0) is 0 Å². The Labute approximate surface area is 116 Å². The Morgan fingerprint density at radius 2 is 1.89 bits per heavy atom. The predicted molar refractivity (Wildman–Crippen MR) is 75.0 cm³/mol. The number of halogens is 1. The van der Waals surface area contributed by atoms with E-state index < -0.39 is 0 Å². The first-order valence-electron chi connectivity index (χ1n) is 5.53. The van der Waals surface area contributed by atoms with Crippen LogP contribution >= 0.6 is 23.7 Å². The maximum atomic E-state index is 6.21. The van der Waals surface area contributed by atoms with E-state index in [-0.39, 0.29) is 18.4 Å². The molecule has 3 rings (SSSR count). The van der Waals surface area contributed by atoms with E-state index in [1.54, 1.807) is 11.3 Å². The van der Waals surface area contributed by atoms with Gasteiger partial charge in [-0.25, -0.2) is 0 Å². The monoisotopic (exact) mass is 283 g/mol. The van der Waals surface area contributed by atoms with Crippen molar-refractivity contribution in [3.05, 3.63) is 46.2 Å². The van der Waals surface area contributed by atoms with Crippen molar-refractivity contribution in [2.75, 3.05) is 13.2 Å². The minimum atomic E-state index is -0.0918. The molecule has 18 heavy (non-hydrogen) atoms. The molecular formula is C13H14ClNO2S. The number of ether oxygens (including phenoxy) is 2. The minimum absolute atomic E-state index is 0. The molecule has 1 aromatic carbocycles. The van der Waals surface area contributed by atoms with Crippen LogP contribution in [-0.4, -0.2) is 13.2 Å². The molecule has 0 amide bonds. The molecule has 0 unspecified atom stereocenters. The second kappa shape index (κ2) is 5.61. The smallest absolute Gasteiger partial charge is 0.161 e. The second-order valence-electron chi connectivity index (χ2n) is 3.90. The fourth-order valence-corrected chi connectivity index (χ4v) is 2.64. The van der Waals surface area contributed by atoms with Gasteiger partial charge in [0, 0.05) is 4.88 Å². The van der Waals surface area contributed by atoms with Gasteiger partial charge in [0.2, 0.25) is 0 Å². The van der Waals surface area contributed by atoms with Crippen molar-refractivity contribution in [1.29, 1.82) is 0 Å². The molecule has 0 fully saturated rings. The Bertz CT molecular complexity index is 516. The number of fused-ring (bicyclic) bond motifs is 1. The fourth-order valence-electron chi connectivity index (χ4n) is 1.89. The maximum absolute atomic E-state index is 6.21. The van der Waals surface area contributed by atoms with E-state index >= 15 is 0 Å². The maximum Gasteiger partial charge on any atom is 0.161 e. The molecule has 0 aliphatic carbocycles. The predicted octanol–water partition coefficient (Wildman–Crippen LogP) is 2.99. The van der Waals surface area contributed by atoms with Gasteiger partial charge in [0.25, 0.3) is 0 Å². The quantitative estimate of drug-likeness (QED) is 0.921. The van der Waals surface area contributed by atoms with E-state index in [4.69, 9.17) is 15.2 Å². The Morgan fingerprint density at radius 1 is 1.11 bits per heavy atom. The lowest BCUT2D eigenvalue weighted by molar-refractivity contribution is 0.171. The van der Waals surface area contributed by atoms with Gasteiger partial charge >= 0.3 is 0 Å². The van der Waals surface area contributed by atoms with Crippen molar-refractivity contribution in [1.82, 2.24) is 0 Å². The van der Waals surface area contributed by atoms with Gasteiger partial charge in [0.15, 0.2) is 11.5 Å². The summed E-state index contributed by atoms with van der Waals surface area (Å²) in [5.41, 5.74) is 7.26. The van der Waals surface area contributed by atoms with E-state index in [1.165, 1.54) is 0 Å². The van der Waals surface area contributed by atoms with Crippen LogP contribution in [0.2, 0.25) is 0 Å². The first-order chi connectivity index (χ1) is 8.34. The third-order valence-corrected chi connectivity index (χ3v) is 3.73. The zero-order valence-electron chi connectivity index (χ0n) is 9.67. The van der Waals surface area contributed by atoms with Crippen molar-refractivity contribution < 1.29 is 9.47 Å². The van der Waals surface area contributed by atoms with Crippen LogP contribution in [0.5, 0.6) is 11.5 Å². The molecule has 0 bridgehead atoms. The van der Waals surface area contributed by atoms with E-state index in [2.05, 4.69) is 0 Å². The van der Waals surface area contributed by atoms with Gasteiger partial charge in [-0.05, 0) is 29.1 Å². The SMILES string of the molecule is Cl.N[C@@H](c1ccc2c(c1)OCCO2)c1cccs1. The van der Waals surface area contributed by atoms with Crippen molar-refractivity contribution in [2.45, 2.75) is 6.04 Å². The van der Waals surface area contributed by atoms with Crippen LogP contribution < -0.4 is 15.2 Å². The van der Waals surface area contributed by atoms with E-state index in [1.807, 2.05) is 35.7 Å². The van der Waals surface area contributed by atoms with Gasteiger partial charge in [0.1, 0.15) is 13.2 Å². The lowest BCUT2D eigenvalue weighted by Crippen LogP contribution is -2.16. The Hall–Kier alpha value is -1.23. The fraction of sp³-hybridized carbons (Fsp3) is 0.231. The number of hydrogen-bond acceptors (Lipinski definition) is 4. The van der Waals surface area contributed by atoms with Crippen LogP contribution in [0.15, 0.2) is 35.7 Å². The highest BCUT2D eigenvalue weighted by Crippen LogP contribution is 2.34. The Balaban J connectivity index is 0.00000120. The van der Waals surface area contributed by atoms with Gasteiger partial charge in [-0.3, -0.25) is 0 Å². The summed E-state index contributed by atoms with van der Waals surface area (Å²) in [6.45, 7) is 1.22. The van der Waals surface area contributed by atoms with E-state index in [0.29, 0.717) is 13.2 Å². The van der Waals surface area contributed by atoms with Gasteiger partial charge in [0.05, 0.1) is 6.04 Å². The van der Waals surface area contributed by atoms with Gasteiger partial charge < -0.3 is 15.2 Å². The molecule has 0 saturated carbocycles. The summed E-state index contributed by atoms with van der Waals surface area (Å²) >= 11 is 1.67. The van der Waals surface area contributed by atoms with E-state index in [0.717, 1.165) is 21.9 Å². The number of rotatable bonds is 2. The molecule has 0 radical (unpaired) electrons. The van der Waals surface area contributed by atoms with Crippen molar-refractivity contribution in [3.8, 4) is 11.5 Å². The highest BCUT2D eigenvalue weighted by molar-refractivity contribution is 7.10. The lowest BCUT2D eigenvalue weighted by Gasteiger charge is -2.20. The first kappa shape index (κ1) is 13.2. The highest BCUT2D eigenvalue weighted by atomic mass is 35.5. The topological polar surface area (TPSA) is 44.5 Å². The highest BCUT2D eigenvalue weighted by Gasteiger charge is 2.16. The van der Waals surface area contributed by atoms with E-state index in [9.17, 15) is 0 Å². The molecule has 1 atom stereocenters. The van der Waals surface area contributed by atoms with Crippen molar-refractivity contribution >= 4 is 23.7 Å². The Kier molecular flexibility index (Phi) is 4.11. The number of hydrogen-bond donors (Lipinski definition) is 1. The summed E-state index contributed by atoms with van der Waals surface area (Å²) < 4.78 is 11.0. The summed E-state index contributed by atoms with van der Waals surface area (Å²) in [7, 11) is 0. The molecule has 0 spiro atoms. The minimum Gasteiger partial charge on any atom is -0.486 e. The zero-order valence-corrected chi connectivity index (χ0v) is 11.3. The largest absolute Gasteiger partial charge is 0.486 e. The molecule has 3 nitrogen and oxygen atoms in total. The second-order valence-corrected chi connectivity index (χ2v) is 4.88. The van der Waals surface area contributed by atoms with Crippen LogP contribution in [0.25, 0.3) is 0 Å². The summed E-state index contributed by atoms with van der Waals surface area (Å²) in [5, 5.41) is 2.03. The summed E-state index contributed by atoms with van der Waals surface area (Å²) in [6.07, 6.45) is 0. The molecule has 0 saturated heterocycles. The van der Waals surface area contributed by atoms with Crippen LogP contribution in [0, 0.1) is 0 Å². The number of thiophene rings is 1. The van der Waals surface area contributed by atoms with Crippen LogP contribution in [0.4, 0.5) is 0 Å². The van der Waals surface area contributed by atoms with Gasteiger partial charge in [-0.2, -0.15) is 0 Å². The van der Waals surface area contributed by atoms with Gasteiger partial charge in [-0.15, -0.1) is 23.7 Å². The average molecular weight is 284 g/mol. The summed E-state index contributed by atoms with van der Waals surface area (Å²) in [5.74, 6) is 1.60. The van der Waals surface area contributed by atoms with Crippen molar-refractivity contribution in [2.24, 2.45) is 5.73 Å². The average Bonchev–Trinajstić information content (AvgIpc) is 2.91.